The number of nitrogens with one attached hydrogen (secondary N) is 1. The largest absolute Gasteiger partial charge is 0.490 e. The topological polar surface area (TPSA) is 49.8 Å². The molecule has 2 heterocycles. The van der Waals surface area contributed by atoms with Crippen LogP contribution in [-0.2, 0) is 6.54 Å². The second-order valence-electron chi connectivity index (χ2n) is 5.88. The summed E-state index contributed by atoms with van der Waals surface area (Å²) in [6, 6.07) is 10.1. The summed E-state index contributed by atoms with van der Waals surface area (Å²) >= 11 is 1.68. The smallest absolute Gasteiger partial charge is 0.193 e. The maximum atomic E-state index is 6.06. The number of hydrogen-bond acceptors (Lipinski definition) is 4. The van der Waals surface area contributed by atoms with Crippen molar-refractivity contribution in [3.05, 3.63) is 46.4 Å². The van der Waals surface area contributed by atoms with Gasteiger partial charge in [0.1, 0.15) is 11.9 Å². The summed E-state index contributed by atoms with van der Waals surface area (Å²) in [4.78, 5) is 12.3. The van der Waals surface area contributed by atoms with Crippen LogP contribution < -0.4 is 10.1 Å². The van der Waals surface area contributed by atoms with E-state index >= 15 is 0 Å². The molecule has 3 rings (SSSR count). The second-order valence-corrected chi connectivity index (χ2v) is 6.82. The molecule has 0 bridgehead atoms. The van der Waals surface area contributed by atoms with Crippen molar-refractivity contribution in [2.75, 3.05) is 20.1 Å². The van der Waals surface area contributed by atoms with E-state index in [1.165, 1.54) is 4.88 Å². The van der Waals surface area contributed by atoms with Crippen molar-refractivity contribution >= 4 is 17.3 Å². The SMILES string of the molecule is CN=C(NCc1scnc1C)N1CCC(Oc2ccccc2)CC1. The number of likely N-dealkylation sites (tertiary alicyclic amines) is 1. The first kappa shape index (κ1) is 16.8. The number of benzene rings is 1. The van der Waals surface area contributed by atoms with Gasteiger partial charge in [-0.05, 0) is 19.1 Å². The molecular weight excluding hydrogens is 320 g/mol. The minimum absolute atomic E-state index is 0.283. The highest BCUT2D eigenvalue weighted by Crippen LogP contribution is 2.19. The van der Waals surface area contributed by atoms with Crippen molar-refractivity contribution in [2.24, 2.45) is 4.99 Å². The molecule has 0 saturated carbocycles. The van der Waals surface area contributed by atoms with Crippen LogP contribution in [-0.4, -0.2) is 42.1 Å². The van der Waals surface area contributed by atoms with Crippen molar-refractivity contribution < 1.29 is 4.74 Å². The summed E-state index contributed by atoms with van der Waals surface area (Å²) in [5, 5.41) is 3.45. The van der Waals surface area contributed by atoms with Crippen LogP contribution in [0, 0.1) is 6.92 Å². The number of nitrogens with zero attached hydrogens (tertiary/aromatic N) is 3. The minimum atomic E-state index is 0.283. The van der Waals surface area contributed by atoms with Crippen LogP contribution in [0.2, 0.25) is 0 Å². The molecule has 6 heteroatoms. The fraction of sp³-hybridized carbons (Fsp3) is 0.444. The van der Waals surface area contributed by atoms with E-state index < -0.39 is 0 Å². The molecule has 1 saturated heterocycles. The molecular formula is C18H24N4OS. The predicted octanol–water partition coefficient (Wildman–Crippen LogP) is 3.07. The normalized spacial score (nSPS) is 16.2. The van der Waals surface area contributed by atoms with Gasteiger partial charge in [-0.1, -0.05) is 18.2 Å². The summed E-state index contributed by atoms with van der Waals surface area (Å²) in [6.07, 6.45) is 2.30. The molecule has 128 valence electrons. The number of aromatic nitrogens is 1. The molecule has 1 aromatic heterocycles. The Kier molecular flexibility index (Phi) is 5.69. The van der Waals surface area contributed by atoms with Gasteiger partial charge in [0.05, 0.1) is 17.7 Å². The van der Waals surface area contributed by atoms with Crippen molar-refractivity contribution in [3.8, 4) is 5.75 Å². The van der Waals surface area contributed by atoms with Crippen molar-refractivity contribution in [1.82, 2.24) is 15.2 Å². The zero-order chi connectivity index (χ0) is 16.8. The highest BCUT2D eigenvalue weighted by Gasteiger charge is 2.22. The Morgan fingerprint density at radius 3 is 2.71 bits per heavy atom. The number of ether oxygens (including phenoxy) is 1. The van der Waals surface area contributed by atoms with Gasteiger partial charge in [0.2, 0.25) is 0 Å². The standard InChI is InChI=1S/C18H24N4OS/c1-14-17(24-13-21-14)12-20-18(19-2)22-10-8-16(9-11-22)23-15-6-4-3-5-7-15/h3-7,13,16H,8-12H2,1-2H3,(H,19,20). The molecule has 24 heavy (non-hydrogen) atoms. The van der Waals surface area contributed by atoms with Crippen molar-refractivity contribution in [3.63, 3.8) is 0 Å². The maximum absolute atomic E-state index is 6.06. The summed E-state index contributed by atoms with van der Waals surface area (Å²) in [6.45, 7) is 4.74. The van der Waals surface area contributed by atoms with Crippen molar-refractivity contribution in [2.45, 2.75) is 32.4 Å². The van der Waals surface area contributed by atoms with E-state index in [2.05, 4.69) is 20.2 Å². The monoisotopic (exact) mass is 344 g/mol. The Bertz CT molecular complexity index is 663. The average Bonchev–Trinajstić information content (AvgIpc) is 3.03. The first-order valence-corrected chi connectivity index (χ1v) is 9.20. The number of hydrogen-bond donors (Lipinski definition) is 1. The lowest BCUT2D eigenvalue weighted by Crippen LogP contribution is -2.47. The lowest BCUT2D eigenvalue weighted by Gasteiger charge is -2.34. The van der Waals surface area contributed by atoms with E-state index in [1.54, 1.807) is 11.3 Å². The molecule has 1 N–H and O–H groups in total. The number of piperidine rings is 1. The Morgan fingerprint density at radius 2 is 2.08 bits per heavy atom. The number of para-hydroxylation sites is 1. The Labute approximate surface area is 147 Å². The molecule has 2 aromatic rings. The average molecular weight is 344 g/mol. The fourth-order valence-corrected chi connectivity index (χ4v) is 3.58. The van der Waals surface area contributed by atoms with Gasteiger partial charge in [-0.2, -0.15) is 0 Å². The number of guanidine groups is 1. The van der Waals surface area contributed by atoms with Crippen LogP contribution in [0.1, 0.15) is 23.4 Å². The predicted molar refractivity (Wildman–Crippen MR) is 98.7 cm³/mol. The Balaban J connectivity index is 1.48. The highest BCUT2D eigenvalue weighted by atomic mass is 32.1. The van der Waals surface area contributed by atoms with Gasteiger partial charge < -0.3 is 15.0 Å². The van der Waals surface area contributed by atoms with Gasteiger partial charge in [-0.25, -0.2) is 4.98 Å². The zero-order valence-corrected chi connectivity index (χ0v) is 15.1. The highest BCUT2D eigenvalue weighted by molar-refractivity contribution is 7.09. The number of rotatable bonds is 4. The van der Waals surface area contributed by atoms with Crippen molar-refractivity contribution in [1.29, 1.82) is 0 Å². The summed E-state index contributed by atoms with van der Waals surface area (Å²) in [7, 11) is 1.84. The van der Waals surface area contributed by atoms with Gasteiger partial charge in [-0.3, -0.25) is 4.99 Å². The first-order valence-electron chi connectivity index (χ1n) is 8.32. The van der Waals surface area contributed by atoms with Gasteiger partial charge >= 0.3 is 0 Å². The van der Waals surface area contributed by atoms with E-state index in [9.17, 15) is 0 Å². The van der Waals surface area contributed by atoms with Gasteiger partial charge in [0.15, 0.2) is 5.96 Å². The van der Waals surface area contributed by atoms with Gasteiger partial charge in [-0.15, -0.1) is 11.3 Å². The quantitative estimate of drug-likeness (QED) is 0.684. The van der Waals surface area contributed by atoms with E-state index in [4.69, 9.17) is 4.74 Å². The second kappa shape index (κ2) is 8.15. The maximum Gasteiger partial charge on any atom is 0.193 e. The summed E-state index contributed by atoms with van der Waals surface area (Å²) in [5.41, 5.74) is 2.99. The molecule has 0 aliphatic carbocycles. The molecule has 1 aliphatic heterocycles. The van der Waals surface area contributed by atoms with E-state index in [0.717, 1.165) is 49.9 Å². The molecule has 0 radical (unpaired) electrons. The zero-order valence-electron chi connectivity index (χ0n) is 14.2. The number of thiazole rings is 1. The van der Waals surface area contributed by atoms with Crippen LogP contribution in [0.4, 0.5) is 0 Å². The molecule has 1 aliphatic rings. The van der Waals surface area contributed by atoms with E-state index in [0.29, 0.717) is 0 Å². The Morgan fingerprint density at radius 1 is 1.33 bits per heavy atom. The number of aliphatic imine (C=N–C) groups is 1. The van der Waals surface area contributed by atoms with E-state index in [1.807, 2.05) is 49.8 Å². The van der Waals surface area contributed by atoms with Crippen LogP contribution in [0.25, 0.3) is 0 Å². The lowest BCUT2D eigenvalue weighted by atomic mass is 10.1. The Hall–Kier alpha value is -2.08. The van der Waals surface area contributed by atoms with Gasteiger partial charge in [0, 0.05) is 37.9 Å². The molecule has 1 aromatic carbocycles. The molecule has 0 unspecified atom stereocenters. The van der Waals surface area contributed by atoms with E-state index in [-0.39, 0.29) is 6.10 Å². The molecule has 0 atom stereocenters. The van der Waals surface area contributed by atoms with Crippen LogP contribution in [0.5, 0.6) is 5.75 Å². The summed E-state index contributed by atoms with van der Waals surface area (Å²) in [5.74, 6) is 1.92. The van der Waals surface area contributed by atoms with Crippen LogP contribution >= 0.6 is 11.3 Å². The molecule has 1 fully saturated rings. The number of aryl methyl sites for hydroxylation is 1. The molecule has 5 nitrogen and oxygen atoms in total. The summed E-state index contributed by atoms with van der Waals surface area (Å²) < 4.78 is 6.06. The lowest BCUT2D eigenvalue weighted by molar-refractivity contribution is 0.129. The van der Waals surface area contributed by atoms with Crippen LogP contribution in [0.3, 0.4) is 0 Å². The third-order valence-electron chi connectivity index (χ3n) is 4.25. The van der Waals surface area contributed by atoms with Gasteiger partial charge in [0.25, 0.3) is 0 Å². The molecule has 0 amide bonds. The first-order chi connectivity index (χ1) is 11.8. The molecule has 0 spiro atoms. The third-order valence-corrected chi connectivity index (χ3v) is 5.19. The fourth-order valence-electron chi connectivity index (χ4n) is 2.86. The van der Waals surface area contributed by atoms with Crippen LogP contribution in [0.15, 0.2) is 40.8 Å². The third kappa shape index (κ3) is 4.26. The minimum Gasteiger partial charge on any atom is -0.490 e.